The molecule has 1 saturated heterocycles. The number of carbonyl (C=O) groups is 3. The Balaban J connectivity index is 1.50. The van der Waals surface area contributed by atoms with Crippen molar-refractivity contribution in [2.45, 2.75) is 58.8 Å². The first-order valence-electron chi connectivity index (χ1n) is 12.8. The first-order chi connectivity index (χ1) is 16.0. The van der Waals surface area contributed by atoms with E-state index in [1.807, 2.05) is 41.8 Å². The van der Waals surface area contributed by atoms with E-state index in [1.165, 1.54) is 0 Å². The molecule has 1 heterocycles. The predicted molar refractivity (Wildman–Crippen MR) is 130 cm³/mol. The summed E-state index contributed by atoms with van der Waals surface area (Å²) in [6.45, 7) is 8.04. The molecular weight excluding hydrogens is 416 g/mol. The molecule has 2 saturated carbocycles. The molecule has 3 aliphatic rings. The summed E-state index contributed by atoms with van der Waals surface area (Å²) in [5.41, 5.74) is 2.20. The molecule has 180 valence electrons. The molecule has 4 rings (SSSR count). The number of benzene rings is 1. The summed E-state index contributed by atoms with van der Waals surface area (Å²) in [5, 5.41) is 3.02. The fourth-order valence-electron chi connectivity index (χ4n) is 5.26. The van der Waals surface area contributed by atoms with Crippen LogP contribution in [0.15, 0.2) is 18.2 Å². The number of piperazine rings is 1. The van der Waals surface area contributed by atoms with Crippen LogP contribution in [0.3, 0.4) is 0 Å². The van der Waals surface area contributed by atoms with Crippen molar-refractivity contribution in [3.63, 3.8) is 0 Å². The molecule has 0 unspecified atom stereocenters. The third kappa shape index (κ3) is 5.17. The van der Waals surface area contributed by atoms with Crippen LogP contribution < -0.4 is 10.2 Å². The minimum Gasteiger partial charge on any atom is -0.367 e. The van der Waals surface area contributed by atoms with Crippen LogP contribution in [0.4, 0.5) is 11.4 Å². The highest BCUT2D eigenvalue weighted by molar-refractivity contribution is 6.02. The molecule has 2 aliphatic carbocycles. The van der Waals surface area contributed by atoms with Gasteiger partial charge in [-0.2, -0.15) is 0 Å². The van der Waals surface area contributed by atoms with Crippen molar-refractivity contribution in [3.8, 4) is 0 Å². The SMILES string of the molecule is CCN(CC)C(=O)c1cc(NC(=O)C2CCC2)ccc1N1CCN(C(=O)C2CCCC2)CC1. The van der Waals surface area contributed by atoms with E-state index in [9.17, 15) is 14.4 Å². The molecule has 1 aromatic rings. The highest BCUT2D eigenvalue weighted by Gasteiger charge is 2.31. The molecule has 3 fully saturated rings. The van der Waals surface area contributed by atoms with Gasteiger partial charge in [0.15, 0.2) is 0 Å². The van der Waals surface area contributed by atoms with Crippen LogP contribution in [0.25, 0.3) is 0 Å². The summed E-state index contributed by atoms with van der Waals surface area (Å²) >= 11 is 0. The van der Waals surface area contributed by atoms with Crippen LogP contribution in [-0.2, 0) is 9.59 Å². The monoisotopic (exact) mass is 454 g/mol. The number of carbonyl (C=O) groups excluding carboxylic acids is 3. The van der Waals surface area contributed by atoms with E-state index in [-0.39, 0.29) is 23.7 Å². The van der Waals surface area contributed by atoms with Crippen LogP contribution in [0.1, 0.15) is 69.2 Å². The van der Waals surface area contributed by atoms with E-state index < -0.39 is 0 Å². The van der Waals surface area contributed by atoms with E-state index in [0.29, 0.717) is 56.4 Å². The van der Waals surface area contributed by atoms with Gasteiger partial charge in [0.2, 0.25) is 11.8 Å². The van der Waals surface area contributed by atoms with Gasteiger partial charge in [0, 0.05) is 62.5 Å². The van der Waals surface area contributed by atoms with E-state index in [1.54, 1.807) is 0 Å². The van der Waals surface area contributed by atoms with E-state index in [2.05, 4.69) is 10.2 Å². The molecule has 33 heavy (non-hydrogen) atoms. The summed E-state index contributed by atoms with van der Waals surface area (Å²) in [6.07, 6.45) is 7.37. The minimum absolute atomic E-state index is 0.0146. The van der Waals surface area contributed by atoms with E-state index in [0.717, 1.165) is 50.6 Å². The number of nitrogens with one attached hydrogen (secondary N) is 1. The van der Waals surface area contributed by atoms with Crippen LogP contribution in [0, 0.1) is 11.8 Å². The van der Waals surface area contributed by atoms with Gasteiger partial charge in [0.25, 0.3) is 5.91 Å². The van der Waals surface area contributed by atoms with Gasteiger partial charge < -0.3 is 20.0 Å². The van der Waals surface area contributed by atoms with Crippen molar-refractivity contribution in [2.75, 3.05) is 49.5 Å². The molecule has 0 atom stereocenters. The lowest BCUT2D eigenvalue weighted by Gasteiger charge is -2.38. The van der Waals surface area contributed by atoms with Gasteiger partial charge in [-0.05, 0) is 57.7 Å². The summed E-state index contributed by atoms with van der Waals surface area (Å²) in [6, 6.07) is 5.70. The lowest BCUT2D eigenvalue weighted by atomic mass is 9.85. The van der Waals surface area contributed by atoms with Crippen LogP contribution in [0.2, 0.25) is 0 Å². The molecule has 0 bridgehead atoms. The maximum atomic E-state index is 13.4. The van der Waals surface area contributed by atoms with Gasteiger partial charge >= 0.3 is 0 Å². The topological polar surface area (TPSA) is 73.0 Å². The zero-order valence-electron chi connectivity index (χ0n) is 20.1. The van der Waals surface area contributed by atoms with Crippen molar-refractivity contribution >= 4 is 29.1 Å². The fourth-order valence-corrected chi connectivity index (χ4v) is 5.26. The highest BCUT2D eigenvalue weighted by atomic mass is 16.2. The van der Waals surface area contributed by atoms with Crippen molar-refractivity contribution in [2.24, 2.45) is 11.8 Å². The van der Waals surface area contributed by atoms with Gasteiger partial charge in [-0.15, -0.1) is 0 Å². The molecule has 0 aromatic heterocycles. The quantitative estimate of drug-likeness (QED) is 0.681. The molecule has 7 heteroatoms. The molecule has 1 aliphatic heterocycles. The molecule has 1 aromatic carbocycles. The number of hydrogen-bond donors (Lipinski definition) is 1. The molecular formula is C26H38N4O3. The lowest BCUT2D eigenvalue weighted by molar-refractivity contribution is -0.135. The summed E-state index contributed by atoms with van der Waals surface area (Å²) in [7, 11) is 0. The summed E-state index contributed by atoms with van der Waals surface area (Å²) < 4.78 is 0. The normalized spacial score (nSPS) is 19.3. The largest absolute Gasteiger partial charge is 0.367 e. The van der Waals surface area contributed by atoms with Gasteiger partial charge in [0.05, 0.1) is 5.56 Å². The predicted octanol–water partition coefficient (Wildman–Crippen LogP) is 3.75. The van der Waals surface area contributed by atoms with Crippen molar-refractivity contribution in [1.29, 1.82) is 0 Å². The van der Waals surface area contributed by atoms with Crippen molar-refractivity contribution < 1.29 is 14.4 Å². The van der Waals surface area contributed by atoms with Gasteiger partial charge in [-0.25, -0.2) is 0 Å². The van der Waals surface area contributed by atoms with Gasteiger partial charge in [-0.3, -0.25) is 14.4 Å². The zero-order chi connectivity index (χ0) is 23.4. The van der Waals surface area contributed by atoms with Crippen LogP contribution >= 0.6 is 0 Å². The number of rotatable bonds is 7. The van der Waals surface area contributed by atoms with Crippen LogP contribution in [0.5, 0.6) is 0 Å². The Morgan fingerprint density at radius 3 is 2.12 bits per heavy atom. The molecule has 0 spiro atoms. The molecule has 1 N–H and O–H groups in total. The third-order valence-corrected chi connectivity index (χ3v) is 7.66. The maximum absolute atomic E-state index is 13.4. The Morgan fingerprint density at radius 2 is 1.55 bits per heavy atom. The van der Waals surface area contributed by atoms with Gasteiger partial charge in [0.1, 0.15) is 0 Å². The van der Waals surface area contributed by atoms with Crippen LogP contribution in [-0.4, -0.2) is 66.8 Å². The second-order valence-electron chi connectivity index (χ2n) is 9.62. The lowest BCUT2D eigenvalue weighted by Crippen LogP contribution is -2.50. The molecule has 0 radical (unpaired) electrons. The molecule has 3 amide bonds. The summed E-state index contributed by atoms with van der Waals surface area (Å²) in [5.74, 6) is 0.640. The number of nitrogens with zero attached hydrogens (tertiary/aromatic N) is 3. The van der Waals surface area contributed by atoms with E-state index >= 15 is 0 Å². The maximum Gasteiger partial charge on any atom is 0.256 e. The third-order valence-electron chi connectivity index (χ3n) is 7.66. The Bertz CT molecular complexity index is 864. The average Bonchev–Trinajstić information content (AvgIpc) is 3.33. The number of amides is 3. The van der Waals surface area contributed by atoms with Crippen molar-refractivity contribution in [3.05, 3.63) is 23.8 Å². The zero-order valence-corrected chi connectivity index (χ0v) is 20.1. The first kappa shape index (κ1) is 23.6. The second kappa shape index (κ2) is 10.6. The fraction of sp³-hybridized carbons (Fsp3) is 0.654. The Hall–Kier alpha value is -2.57. The molecule has 7 nitrogen and oxygen atoms in total. The standard InChI is InChI=1S/C26H38N4O3/c1-3-28(4-2)26(33)22-18-21(27-24(31)19-10-7-11-19)12-13-23(22)29-14-16-30(17-15-29)25(32)20-8-5-6-9-20/h12-13,18-20H,3-11,14-17H2,1-2H3,(H,27,31). The smallest absolute Gasteiger partial charge is 0.256 e. The number of hydrogen-bond acceptors (Lipinski definition) is 4. The van der Waals surface area contributed by atoms with Gasteiger partial charge in [-0.1, -0.05) is 19.3 Å². The minimum atomic E-state index is -0.0146. The van der Waals surface area contributed by atoms with Crippen molar-refractivity contribution in [1.82, 2.24) is 9.80 Å². The summed E-state index contributed by atoms with van der Waals surface area (Å²) in [4.78, 5) is 44.7. The van der Waals surface area contributed by atoms with E-state index in [4.69, 9.17) is 0 Å². The number of anilines is 2. The Labute approximate surface area is 197 Å². The Morgan fingerprint density at radius 1 is 0.909 bits per heavy atom. The Kier molecular flexibility index (Phi) is 7.56. The average molecular weight is 455 g/mol. The highest BCUT2D eigenvalue weighted by Crippen LogP contribution is 2.31. The first-order valence-corrected chi connectivity index (χ1v) is 12.8. The second-order valence-corrected chi connectivity index (χ2v) is 9.62.